The van der Waals surface area contributed by atoms with E-state index in [2.05, 4.69) is 16.0 Å². The van der Waals surface area contributed by atoms with E-state index in [0.29, 0.717) is 33.9 Å². The number of carbonyl (C=O) groups excluding carboxylic acids is 3. The summed E-state index contributed by atoms with van der Waals surface area (Å²) >= 11 is 7.57. The summed E-state index contributed by atoms with van der Waals surface area (Å²) in [6.45, 7) is 3.77. The SMILES string of the molecule is CCC(Sc1cccc(NC(=O)/C(=C\c2ccc(F)cc2)NC(=O)c2ccccc2)c1)C(=O)Nc1cccc(Cl)c1C. The first-order valence-corrected chi connectivity index (χ1v) is 14.5. The third kappa shape index (κ3) is 8.31. The van der Waals surface area contributed by atoms with Gasteiger partial charge in [-0.1, -0.05) is 61.0 Å². The lowest BCUT2D eigenvalue weighted by atomic mass is 10.1. The Morgan fingerprint density at radius 1 is 0.905 bits per heavy atom. The molecule has 0 radical (unpaired) electrons. The van der Waals surface area contributed by atoms with Crippen molar-refractivity contribution < 1.29 is 18.8 Å². The van der Waals surface area contributed by atoms with Crippen LogP contribution >= 0.6 is 23.4 Å². The molecule has 1 unspecified atom stereocenters. The lowest BCUT2D eigenvalue weighted by molar-refractivity contribution is -0.116. The van der Waals surface area contributed by atoms with Gasteiger partial charge in [0, 0.05) is 26.9 Å². The summed E-state index contributed by atoms with van der Waals surface area (Å²) in [5.41, 5.74) is 2.82. The van der Waals surface area contributed by atoms with Crippen molar-refractivity contribution in [3.8, 4) is 0 Å². The highest BCUT2D eigenvalue weighted by molar-refractivity contribution is 8.00. The van der Waals surface area contributed by atoms with Gasteiger partial charge < -0.3 is 16.0 Å². The van der Waals surface area contributed by atoms with E-state index in [4.69, 9.17) is 11.6 Å². The highest BCUT2D eigenvalue weighted by Crippen LogP contribution is 2.30. The monoisotopic (exact) mass is 601 g/mol. The number of thioether (sulfide) groups is 1. The van der Waals surface area contributed by atoms with Gasteiger partial charge in [0.25, 0.3) is 11.8 Å². The standard InChI is InChI=1S/C33H29ClFN3O3S/c1-3-30(33(41)37-28-14-8-13-27(34)21(28)2)42-26-12-7-11-25(20-26)36-32(40)29(19-22-15-17-24(35)18-16-22)38-31(39)23-9-5-4-6-10-23/h4-20,30H,3H2,1-2H3,(H,36,40)(H,37,41)(H,38,39)/b29-19+. The second-order valence-corrected chi connectivity index (χ2v) is 11.0. The number of anilines is 2. The van der Waals surface area contributed by atoms with Gasteiger partial charge in [0.1, 0.15) is 11.5 Å². The van der Waals surface area contributed by atoms with Crippen LogP contribution in [0.25, 0.3) is 6.08 Å². The molecule has 0 saturated carbocycles. The van der Waals surface area contributed by atoms with Gasteiger partial charge in [0.2, 0.25) is 5.91 Å². The summed E-state index contributed by atoms with van der Waals surface area (Å²) in [7, 11) is 0. The summed E-state index contributed by atoms with van der Waals surface area (Å²) in [4.78, 5) is 40.1. The van der Waals surface area contributed by atoms with Crippen LogP contribution in [0.1, 0.15) is 34.8 Å². The number of benzene rings is 4. The van der Waals surface area contributed by atoms with Crippen LogP contribution in [0.4, 0.5) is 15.8 Å². The van der Waals surface area contributed by atoms with Crippen molar-refractivity contribution >= 4 is 58.5 Å². The fourth-order valence-electron chi connectivity index (χ4n) is 3.96. The number of hydrogen-bond donors (Lipinski definition) is 3. The Labute approximate surface area is 253 Å². The number of nitrogens with one attached hydrogen (secondary N) is 3. The molecule has 0 aliphatic heterocycles. The normalized spacial score (nSPS) is 11.9. The van der Waals surface area contributed by atoms with Crippen LogP contribution in [0.15, 0.2) is 108 Å². The second kappa shape index (κ2) is 14.5. The Bertz CT molecular complexity index is 1610. The molecule has 0 aromatic heterocycles. The van der Waals surface area contributed by atoms with E-state index >= 15 is 0 Å². The molecular weight excluding hydrogens is 573 g/mol. The smallest absolute Gasteiger partial charge is 0.272 e. The molecule has 214 valence electrons. The molecule has 3 amide bonds. The van der Waals surface area contributed by atoms with Crippen LogP contribution in [-0.4, -0.2) is 23.0 Å². The van der Waals surface area contributed by atoms with Gasteiger partial charge in [-0.15, -0.1) is 11.8 Å². The van der Waals surface area contributed by atoms with Crippen molar-refractivity contribution in [1.82, 2.24) is 5.32 Å². The van der Waals surface area contributed by atoms with E-state index in [1.807, 2.05) is 19.9 Å². The maximum atomic E-state index is 13.4. The number of hydrogen-bond acceptors (Lipinski definition) is 4. The second-order valence-electron chi connectivity index (χ2n) is 9.33. The molecule has 4 rings (SSSR count). The fourth-order valence-corrected chi connectivity index (χ4v) is 5.14. The summed E-state index contributed by atoms with van der Waals surface area (Å²) < 4.78 is 13.4. The summed E-state index contributed by atoms with van der Waals surface area (Å²) in [6.07, 6.45) is 2.05. The molecule has 3 N–H and O–H groups in total. The molecule has 0 bridgehead atoms. The van der Waals surface area contributed by atoms with Crippen molar-refractivity contribution in [2.75, 3.05) is 10.6 Å². The molecule has 4 aromatic rings. The number of rotatable bonds is 10. The topological polar surface area (TPSA) is 87.3 Å². The minimum atomic E-state index is -0.563. The molecule has 9 heteroatoms. The maximum Gasteiger partial charge on any atom is 0.272 e. The summed E-state index contributed by atoms with van der Waals surface area (Å²) in [5, 5.41) is 8.62. The van der Waals surface area contributed by atoms with Gasteiger partial charge in [0.05, 0.1) is 5.25 Å². The predicted molar refractivity (Wildman–Crippen MR) is 168 cm³/mol. The maximum absolute atomic E-state index is 13.4. The quantitative estimate of drug-likeness (QED) is 0.128. The van der Waals surface area contributed by atoms with Crippen LogP contribution in [0.2, 0.25) is 5.02 Å². The van der Waals surface area contributed by atoms with E-state index in [9.17, 15) is 18.8 Å². The lowest BCUT2D eigenvalue weighted by Gasteiger charge is -2.17. The first-order valence-electron chi connectivity index (χ1n) is 13.2. The van der Waals surface area contributed by atoms with Crippen LogP contribution in [-0.2, 0) is 9.59 Å². The third-order valence-corrected chi connectivity index (χ3v) is 8.04. The largest absolute Gasteiger partial charge is 0.325 e. The van der Waals surface area contributed by atoms with Crippen molar-refractivity contribution in [2.45, 2.75) is 30.4 Å². The Morgan fingerprint density at radius 3 is 2.33 bits per heavy atom. The Morgan fingerprint density at radius 2 is 1.62 bits per heavy atom. The Kier molecular flexibility index (Phi) is 10.5. The first kappa shape index (κ1) is 30.6. The van der Waals surface area contributed by atoms with Crippen LogP contribution in [0.3, 0.4) is 0 Å². The van der Waals surface area contributed by atoms with Gasteiger partial charge >= 0.3 is 0 Å². The number of halogens is 2. The van der Waals surface area contributed by atoms with Crippen molar-refractivity contribution in [1.29, 1.82) is 0 Å². The van der Waals surface area contributed by atoms with Crippen LogP contribution in [0, 0.1) is 12.7 Å². The summed E-state index contributed by atoms with van der Waals surface area (Å²) in [6, 6.07) is 26.5. The molecule has 1 atom stereocenters. The summed E-state index contributed by atoms with van der Waals surface area (Å²) in [5.74, 6) is -1.60. The van der Waals surface area contributed by atoms with E-state index in [1.165, 1.54) is 42.1 Å². The van der Waals surface area contributed by atoms with Crippen LogP contribution < -0.4 is 16.0 Å². The van der Waals surface area contributed by atoms with E-state index in [1.54, 1.807) is 66.7 Å². The van der Waals surface area contributed by atoms with E-state index in [0.717, 1.165) is 10.5 Å². The van der Waals surface area contributed by atoms with Gasteiger partial charge in [0.15, 0.2) is 0 Å². The van der Waals surface area contributed by atoms with Crippen molar-refractivity contribution in [2.24, 2.45) is 0 Å². The van der Waals surface area contributed by atoms with Gasteiger partial charge in [-0.05, 0) is 85.1 Å². The minimum absolute atomic E-state index is 0.0174. The highest BCUT2D eigenvalue weighted by atomic mass is 35.5. The Hall–Kier alpha value is -4.40. The number of carbonyl (C=O) groups is 3. The zero-order valence-corrected chi connectivity index (χ0v) is 24.6. The zero-order chi connectivity index (χ0) is 30.1. The van der Waals surface area contributed by atoms with Gasteiger partial charge in [-0.2, -0.15) is 0 Å². The van der Waals surface area contributed by atoms with Gasteiger partial charge in [-0.25, -0.2) is 4.39 Å². The minimum Gasteiger partial charge on any atom is -0.325 e. The molecule has 4 aromatic carbocycles. The molecule has 42 heavy (non-hydrogen) atoms. The lowest BCUT2D eigenvalue weighted by Crippen LogP contribution is -2.30. The van der Waals surface area contributed by atoms with Crippen molar-refractivity contribution in [3.63, 3.8) is 0 Å². The predicted octanol–water partition coefficient (Wildman–Crippen LogP) is 7.71. The molecule has 6 nitrogen and oxygen atoms in total. The molecule has 0 heterocycles. The Balaban J connectivity index is 1.50. The zero-order valence-electron chi connectivity index (χ0n) is 23.0. The average molecular weight is 602 g/mol. The van der Waals surface area contributed by atoms with Crippen LogP contribution in [0.5, 0.6) is 0 Å². The molecule has 0 aliphatic carbocycles. The first-order chi connectivity index (χ1) is 20.2. The molecule has 0 fully saturated rings. The van der Waals surface area contributed by atoms with E-state index < -0.39 is 22.9 Å². The molecular formula is C33H29ClFN3O3S. The number of amides is 3. The molecule has 0 aliphatic rings. The molecule has 0 spiro atoms. The van der Waals surface area contributed by atoms with Crippen molar-refractivity contribution in [3.05, 3.63) is 130 Å². The van der Waals surface area contributed by atoms with E-state index in [-0.39, 0.29) is 11.6 Å². The fraction of sp³-hybridized carbons (Fsp3) is 0.121. The third-order valence-electron chi connectivity index (χ3n) is 6.27. The highest BCUT2D eigenvalue weighted by Gasteiger charge is 2.20. The molecule has 0 saturated heterocycles. The average Bonchev–Trinajstić information content (AvgIpc) is 2.99. The van der Waals surface area contributed by atoms with Gasteiger partial charge in [-0.3, -0.25) is 14.4 Å².